The second-order valence-corrected chi connectivity index (χ2v) is 8.03. The maximum Gasteiger partial charge on any atom is 0.275 e. The van der Waals surface area contributed by atoms with Crippen LogP contribution >= 0.6 is 0 Å². The molecule has 2 N–H and O–H groups in total. The van der Waals surface area contributed by atoms with Gasteiger partial charge in [0, 0.05) is 6.04 Å². The average Bonchev–Trinajstić information content (AvgIpc) is 2.66. The lowest BCUT2D eigenvalue weighted by Crippen LogP contribution is -3.16. The minimum atomic E-state index is 0.219. The Morgan fingerprint density at radius 3 is 2.69 bits per heavy atom. The molecule has 3 atom stereocenters. The number of carbonyl (C=O) groups is 1. The summed E-state index contributed by atoms with van der Waals surface area (Å²) in [5.41, 5.74) is 1.16. The summed E-state index contributed by atoms with van der Waals surface area (Å²) in [6.07, 6.45) is 3.67. The van der Waals surface area contributed by atoms with E-state index in [1.807, 2.05) is 12.1 Å². The molecule has 2 fully saturated rings. The molecule has 5 heteroatoms. The van der Waals surface area contributed by atoms with Gasteiger partial charge in [0.1, 0.15) is 5.75 Å². The standard InChI is InChI=1S/C21H33N3O2/c1-16-7-6-8-18(17(16)2)22-21(25)15-23-11-13-24(14-12-23)19-9-4-5-10-20(19)26-3/h4-5,9-10,16-18H,6-8,11-15H2,1-3H3,(H,22,25)/p+1/t16-,17+,18+/m0/s1. The number of ether oxygens (including phenoxy) is 1. The number of para-hydroxylation sites is 2. The van der Waals surface area contributed by atoms with Crippen molar-refractivity contribution in [3.05, 3.63) is 24.3 Å². The normalized spacial score (nSPS) is 27.2. The van der Waals surface area contributed by atoms with E-state index >= 15 is 0 Å². The van der Waals surface area contributed by atoms with E-state index in [1.165, 1.54) is 17.7 Å². The van der Waals surface area contributed by atoms with Gasteiger partial charge in [0.15, 0.2) is 6.54 Å². The first-order chi connectivity index (χ1) is 12.6. The first-order valence-electron chi connectivity index (χ1n) is 10.1. The number of nitrogens with one attached hydrogen (secondary N) is 2. The number of quaternary nitrogens is 1. The van der Waals surface area contributed by atoms with E-state index in [4.69, 9.17) is 4.74 Å². The van der Waals surface area contributed by atoms with E-state index in [0.29, 0.717) is 24.4 Å². The molecule has 1 amide bonds. The molecule has 0 spiro atoms. The quantitative estimate of drug-likeness (QED) is 0.833. The van der Waals surface area contributed by atoms with Crippen molar-refractivity contribution < 1.29 is 14.4 Å². The molecule has 1 aromatic rings. The zero-order valence-corrected chi connectivity index (χ0v) is 16.5. The van der Waals surface area contributed by atoms with Crippen LogP contribution in [-0.2, 0) is 4.79 Å². The van der Waals surface area contributed by atoms with E-state index in [9.17, 15) is 4.79 Å². The Morgan fingerprint density at radius 1 is 1.23 bits per heavy atom. The van der Waals surface area contributed by atoms with Gasteiger partial charge < -0.3 is 19.9 Å². The van der Waals surface area contributed by atoms with Gasteiger partial charge in [-0.1, -0.05) is 38.8 Å². The van der Waals surface area contributed by atoms with E-state index < -0.39 is 0 Å². The van der Waals surface area contributed by atoms with Crippen molar-refractivity contribution >= 4 is 11.6 Å². The molecule has 1 saturated heterocycles. The predicted octanol–water partition coefficient (Wildman–Crippen LogP) is 1.34. The molecule has 26 heavy (non-hydrogen) atoms. The van der Waals surface area contributed by atoms with Crippen LogP contribution < -0.4 is 19.9 Å². The first kappa shape index (κ1) is 19.0. The lowest BCUT2D eigenvalue weighted by molar-refractivity contribution is -0.892. The molecule has 0 radical (unpaired) electrons. The maximum absolute atomic E-state index is 12.5. The van der Waals surface area contributed by atoms with Crippen LogP contribution in [-0.4, -0.2) is 51.8 Å². The van der Waals surface area contributed by atoms with Gasteiger partial charge in [-0.25, -0.2) is 0 Å². The van der Waals surface area contributed by atoms with Crippen molar-refractivity contribution in [1.82, 2.24) is 5.32 Å². The van der Waals surface area contributed by atoms with Crippen molar-refractivity contribution in [2.75, 3.05) is 44.7 Å². The van der Waals surface area contributed by atoms with Gasteiger partial charge in [-0.05, 0) is 30.4 Å². The number of carbonyl (C=O) groups excluding carboxylic acids is 1. The number of hydrogen-bond donors (Lipinski definition) is 2. The minimum absolute atomic E-state index is 0.219. The largest absolute Gasteiger partial charge is 0.495 e. The third-order valence-corrected chi connectivity index (χ3v) is 6.36. The van der Waals surface area contributed by atoms with Crippen LogP contribution in [0.25, 0.3) is 0 Å². The van der Waals surface area contributed by atoms with Crippen molar-refractivity contribution in [3.8, 4) is 5.75 Å². The van der Waals surface area contributed by atoms with Gasteiger partial charge in [-0.2, -0.15) is 0 Å². The SMILES string of the molecule is COc1ccccc1N1CC[NH+](CC(=O)N[C@@H]2CCC[C@H](C)[C@H]2C)CC1. The molecule has 144 valence electrons. The Balaban J connectivity index is 1.47. The van der Waals surface area contributed by atoms with Gasteiger partial charge in [0.05, 0.1) is 39.0 Å². The summed E-state index contributed by atoms with van der Waals surface area (Å²) in [5.74, 6) is 2.45. The Bertz CT molecular complexity index is 599. The summed E-state index contributed by atoms with van der Waals surface area (Å²) in [5, 5.41) is 3.31. The third kappa shape index (κ3) is 4.50. The van der Waals surface area contributed by atoms with Crippen molar-refractivity contribution in [2.45, 2.75) is 39.2 Å². The highest BCUT2D eigenvalue weighted by molar-refractivity contribution is 5.77. The fraction of sp³-hybridized carbons (Fsp3) is 0.667. The molecule has 5 nitrogen and oxygen atoms in total. The zero-order chi connectivity index (χ0) is 18.5. The highest BCUT2D eigenvalue weighted by atomic mass is 16.5. The van der Waals surface area contributed by atoms with E-state index in [-0.39, 0.29) is 5.91 Å². The zero-order valence-electron chi connectivity index (χ0n) is 16.5. The summed E-state index contributed by atoms with van der Waals surface area (Å²) in [4.78, 5) is 16.3. The maximum atomic E-state index is 12.5. The Kier molecular flexibility index (Phi) is 6.41. The number of piperazine rings is 1. The number of benzene rings is 1. The monoisotopic (exact) mass is 360 g/mol. The topological polar surface area (TPSA) is 46.0 Å². The lowest BCUT2D eigenvalue weighted by Gasteiger charge is -2.36. The molecule has 0 bridgehead atoms. The smallest absolute Gasteiger partial charge is 0.275 e. The van der Waals surface area contributed by atoms with Crippen LogP contribution in [0.3, 0.4) is 0 Å². The average molecular weight is 361 g/mol. The molecule has 0 aromatic heterocycles. The van der Waals surface area contributed by atoms with Crippen LogP contribution in [0.5, 0.6) is 5.75 Å². The van der Waals surface area contributed by atoms with Crippen LogP contribution in [0.4, 0.5) is 5.69 Å². The second kappa shape index (κ2) is 8.76. The molecule has 3 rings (SSSR count). The van der Waals surface area contributed by atoms with Crippen molar-refractivity contribution in [1.29, 1.82) is 0 Å². The Hall–Kier alpha value is -1.75. The highest BCUT2D eigenvalue weighted by Gasteiger charge is 2.30. The summed E-state index contributed by atoms with van der Waals surface area (Å²) in [6, 6.07) is 8.54. The predicted molar refractivity (Wildman–Crippen MR) is 105 cm³/mol. The van der Waals surface area contributed by atoms with Gasteiger partial charge in [-0.15, -0.1) is 0 Å². The summed E-state index contributed by atoms with van der Waals surface area (Å²) in [6.45, 7) is 9.08. The number of methoxy groups -OCH3 is 1. The third-order valence-electron chi connectivity index (χ3n) is 6.36. The number of nitrogens with zero attached hydrogens (tertiary/aromatic N) is 1. The fourth-order valence-electron chi connectivity index (χ4n) is 4.40. The number of hydrogen-bond acceptors (Lipinski definition) is 3. The van der Waals surface area contributed by atoms with E-state index in [2.05, 4.69) is 36.2 Å². The van der Waals surface area contributed by atoms with Gasteiger partial charge in [-0.3, -0.25) is 4.79 Å². The van der Waals surface area contributed by atoms with Gasteiger partial charge in [0.2, 0.25) is 0 Å². The van der Waals surface area contributed by atoms with Crippen molar-refractivity contribution in [2.24, 2.45) is 11.8 Å². The van der Waals surface area contributed by atoms with Crippen LogP contribution in [0.1, 0.15) is 33.1 Å². The molecule has 1 aliphatic carbocycles. The van der Waals surface area contributed by atoms with Gasteiger partial charge in [0.25, 0.3) is 5.91 Å². The Labute approximate surface area is 157 Å². The molecule has 0 unspecified atom stereocenters. The van der Waals surface area contributed by atoms with Crippen molar-refractivity contribution in [3.63, 3.8) is 0 Å². The molecule has 1 aliphatic heterocycles. The summed E-state index contributed by atoms with van der Waals surface area (Å²) < 4.78 is 5.48. The molecule has 1 aromatic carbocycles. The molecule has 1 heterocycles. The fourth-order valence-corrected chi connectivity index (χ4v) is 4.40. The summed E-state index contributed by atoms with van der Waals surface area (Å²) >= 11 is 0. The van der Waals surface area contributed by atoms with Gasteiger partial charge >= 0.3 is 0 Å². The lowest BCUT2D eigenvalue weighted by atomic mass is 9.78. The summed E-state index contributed by atoms with van der Waals surface area (Å²) in [7, 11) is 1.72. The van der Waals surface area contributed by atoms with Crippen LogP contribution in [0.15, 0.2) is 24.3 Å². The van der Waals surface area contributed by atoms with E-state index in [1.54, 1.807) is 7.11 Å². The Morgan fingerprint density at radius 2 is 1.96 bits per heavy atom. The molecular weight excluding hydrogens is 326 g/mol. The molecule has 1 saturated carbocycles. The number of anilines is 1. The minimum Gasteiger partial charge on any atom is -0.495 e. The molecule has 2 aliphatic rings. The van der Waals surface area contributed by atoms with E-state index in [0.717, 1.165) is 44.0 Å². The van der Waals surface area contributed by atoms with Crippen LogP contribution in [0, 0.1) is 11.8 Å². The first-order valence-corrected chi connectivity index (χ1v) is 10.1. The number of rotatable bonds is 5. The highest BCUT2D eigenvalue weighted by Crippen LogP contribution is 2.29. The molecular formula is C21H34N3O2+. The number of amides is 1. The second-order valence-electron chi connectivity index (χ2n) is 8.03. The van der Waals surface area contributed by atoms with Crippen LogP contribution in [0.2, 0.25) is 0 Å².